The molecule has 0 fully saturated rings. The maximum absolute atomic E-state index is 7.03. The zero-order valence-corrected chi connectivity index (χ0v) is 23.0. The fourth-order valence-corrected chi connectivity index (χ4v) is 7.21. The van der Waals surface area contributed by atoms with E-state index < -0.39 is 0 Å². The van der Waals surface area contributed by atoms with Gasteiger partial charge in [-0.3, -0.25) is 0 Å². The first-order valence-corrected chi connectivity index (χ1v) is 14.3. The van der Waals surface area contributed by atoms with E-state index in [0.717, 1.165) is 22.7 Å². The second-order valence-electron chi connectivity index (χ2n) is 11.7. The van der Waals surface area contributed by atoms with Crippen molar-refractivity contribution in [1.29, 1.82) is 0 Å². The second-order valence-corrected chi connectivity index (χ2v) is 11.7. The lowest BCUT2D eigenvalue weighted by Crippen LogP contribution is -2.16. The van der Waals surface area contributed by atoms with Crippen LogP contribution in [0.15, 0.2) is 127 Å². The molecule has 0 N–H and O–H groups in total. The standard InChI is InChI=1S/C39H27NO/c1-39(2)31-22-26(24-12-5-3-6-13-24)20-21-29(31)35-32(39)23-30(25-14-7-4-8-15-25)37-38(35)41-34-19-11-17-28-27-16-9-10-18-33(27)40(37)36(28)34/h3-23H,1-2H3. The Morgan fingerprint density at radius 3 is 2.07 bits per heavy atom. The van der Waals surface area contributed by atoms with Gasteiger partial charge < -0.3 is 9.30 Å². The molecule has 0 unspecified atom stereocenters. The van der Waals surface area contributed by atoms with Gasteiger partial charge >= 0.3 is 0 Å². The Labute approximate surface area is 239 Å². The summed E-state index contributed by atoms with van der Waals surface area (Å²) in [5.41, 5.74) is 13.2. The van der Waals surface area contributed by atoms with Gasteiger partial charge in [-0.15, -0.1) is 0 Å². The zero-order valence-electron chi connectivity index (χ0n) is 23.0. The summed E-state index contributed by atoms with van der Waals surface area (Å²) < 4.78 is 9.48. The van der Waals surface area contributed by atoms with Crippen LogP contribution in [0.5, 0.6) is 11.5 Å². The highest BCUT2D eigenvalue weighted by Crippen LogP contribution is 2.59. The predicted molar refractivity (Wildman–Crippen MR) is 169 cm³/mol. The summed E-state index contributed by atoms with van der Waals surface area (Å²) >= 11 is 0. The Morgan fingerprint density at radius 2 is 1.27 bits per heavy atom. The molecule has 0 saturated heterocycles. The number of fused-ring (bicyclic) bond motifs is 9. The highest BCUT2D eigenvalue weighted by atomic mass is 16.5. The van der Waals surface area contributed by atoms with Gasteiger partial charge in [0.2, 0.25) is 0 Å². The molecule has 7 aromatic rings. The van der Waals surface area contributed by atoms with E-state index >= 15 is 0 Å². The van der Waals surface area contributed by atoms with E-state index in [2.05, 4.69) is 146 Å². The lowest BCUT2D eigenvalue weighted by molar-refractivity contribution is 0.477. The van der Waals surface area contributed by atoms with Crippen LogP contribution in [0.4, 0.5) is 0 Å². The SMILES string of the molecule is CC1(C)c2cc(-c3ccccc3)ccc2-c2c1cc(-c1ccccc1)c1c2Oc2cccc3c4ccccc4n-1c23. The normalized spacial score (nSPS) is 14.0. The summed E-state index contributed by atoms with van der Waals surface area (Å²) in [5, 5.41) is 2.46. The molecular formula is C39H27NO. The summed E-state index contributed by atoms with van der Waals surface area (Å²) in [6.45, 7) is 4.71. The molecule has 1 aromatic heterocycles. The van der Waals surface area contributed by atoms with E-state index in [9.17, 15) is 0 Å². The third kappa shape index (κ3) is 2.97. The number of hydrogen-bond donors (Lipinski definition) is 0. The molecule has 2 heterocycles. The Bertz CT molecular complexity index is 2190. The van der Waals surface area contributed by atoms with Gasteiger partial charge in [-0.1, -0.05) is 117 Å². The van der Waals surface area contributed by atoms with Crippen LogP contribution < -0.4 is 4.74 Å². The van der Waals surface area contributed by atoms with Crippen LogP contribution in [-0.2, 0) is 5.41 Å². The fraction of sp³-hybridized carbons (Fsp3) is 0.0769. The Balaban J connectivity index is 1.42. The number of para-hydroxylation sites is 2. The molecule has 41 heavy (non-hydrogen) atoms. The van der Waals surface area contributed by atoms with Gasteiger partial charge in [-0.2, -0.15) is 0 Å². The van der Waals surface area contributed by atoms with Crippen LogP contribution in [0.1, 0.15) is 25.0 Å². The van der Waals surface area contributed by atoms with E-state index in [-0.39, 0.29) is 5.41 Å². The van der Waals surface area contributed by atoms with Gasteiger partial charge in [0, 0.05) is 27.3 Å². The summed E-state index contributed by atoms with van der Waals surface area (Å²) in [7, 11) is 0. The molecule has 2 aliphatic rings. The predicted octanol–water partition coefficient (Wildman–Crippen LogP) is 10.5. The first kappa shape index (κ1) is 22.7. The van der Waals surface area contributed by atoms with Crippen molar-refractivity contribution in [3.05, 3.63) is 139 Å². The van der Waals surface area contributed by atoms with Crippen LogP contribution >= 0.6 is 0 Å². The quantitative estimate of drug-likeness (QED) is 0.219. The Morgan fingerprint density at radius 1 is 0.561 bits per heavy atom. The molecule has 2 nitrogen and oxygen atoms in total. The van der Waals surface area contributed by atoms with Crippen molar-refractivity contribution in [3.63, 3.8) is 0 Å². The minimum Gasteiger partial charge on any atom is -0.452 e. The first-order chi connectivity index (χ1) is 20.1. The third-order valence-electron chi connectivity index (χ3n) is 9.18. The van der Waals surface area contributed by atoms with Crippen molar-refractivity contribution in [1.82, 2.24) is 4.57 Å². The molecule has 1 aliphatic carbocycles. The summed E-state index contributed by atoms with van der Waals surface area (Å²) in [5.74, 6) is 1.85. The molecule has 0 saturated carbocycles. The average molecular weight is 526 g/mol. The number of hydrogen-bond acceptors (Lipinski definition) is 1. The number of aromatic nitrogens is 1. The van der Waals surface area contributed by atoms with Crippen molar-refractivity contribution in [2.24, 2.45) is 0 Å². The minimum absolute atomic E-state index is 0.192. The van der Waals surface area contributed by atoms with E-state index in [1.54, 1.807) is 0 Å². The van der Waals surface area contributed by atoms with Crippen molar-refractivity contribution in [2.75, 3.05) is 0 Å². The number of nitrogens with zero attached hydrogens (tertiary/aromatic N) is 1. The van der Waals surface area contributed by atoms with Crippen LogP contribution in [0, 0.1) is 0 Å². The lowest BCUT2D eigenvalue weighted by atomic mass is 9.80. The molecule has 0 bridgehead atoms. The molecule has 9 rings (SSSR count). The summed E-state index contributed by atoms with van der Waals surface area (Å²) in [6.07, 6.45) is 0. The average Bonchev–Trinajstić information content (AvgIpc) is 3.48. The molecular weight excluding hydrogens is 498 g/mol. The minimum atomic E-state index is -0.192. The van der Waals surface area contributed by atoms with Crippen molar-refractivity contribution in [3.8, 4) is 50.6 Å². The molecule has 0 amide bonds. The van der Waals surface area contributed by atoms with Crippen LogP contribution in [0.3, 0.4) is 0 Å². The van der Waals surface area contributed by atoms with Crippen molar-refractivity contribution < 1.29 is 4.74 Å². The molecule has 0 radical (unpaired) electrons. The number of benzene rings is 6. The molecule has 1 aliphatic heterocycles. The first-order valence-electron chi connectivity index (χ1n) is 14.3. The van der Waals surface area contributed by atoms with Gasteiger partial charge in [-0.25, -0.2) is 0 Å². The van der Waals surface area contributed by atoms with Crippen LogP contribution in [-0.4, -0.2) is 4.57 Å². The Hall–Kier alpha value is -5.08. The van der Waals surface area contributed by atoms with Gasteiger partial charge in [0.1, 0.15) is 0 Å². The maximum Gasteiger partial charge on any atom is 0.160 e. The smallest absolute Gasteiger partial charge is 0.160 e. The second kappa shape index (κ2) is 7.99. The highest BCUT2D eigenvalue weighted by Gasteiger charge is 2.41. The van der Waals surface area contributed by atoms with E-state index in [1.165, 1.54) is 60.8 Å². The van der Waals surface area contributed by atoms with Crippen molar-refractivity contribution >= 4 is 21.8 Å². The van der Waals surface area contributed by atoms with Crippen LogP contribution in [0.25, 0.3) is 60.9 Å². The molecule has 194 valence electrons. The molecule has 2 heteroatoms. The van der Waals surface area contributed by atoms with E-state index in [1.807, 2.05) is 0 Å². The molecule has 0 spiro atoms. The van der Waals surface area contributed by atoms with E-state index in [0.29, 0.717) is 0 Å². The Kier molecular flexibility index (Phi) is 4.42. The zero-order chi connectivity index (χ0) is 27.3. The molecule has 6 aromatic carbocycles. The number of ether oxygens (including phenoxy) is 1. The topological polar surface area (TPSA) is 14.2 Å². The van der Waals surface area contributed by atoms with Gasteiger partial charge in [0.15, 0.2) is 11.5 Å². The maximum atomic E-state index is 7.03. The molecule has 0 atom stereocenters. The van der Waals surface area contributed by atoms with Gasteiger partial charge in [0.25, 0.3) is 0 Å². The summed E-state index contributed by atoms with van der Waals surface area (Å²) in [6, 6.07) is 46.0. The largest absolute Gasteiger partial charge is 0.452 e. The number of rotatable bonds is 2. The lowest BCUT2D eigenvalue weighted by Gasteiger charge is -2.28. The summed E-state index contributed by atoms with van der Waals surface area (Å²) in [4.78, 5) is 0. The van der Waals surface area contributed by atoms with Gasteiger partial charge in [-0.05, 0) is 57.6 Å². The van der Waals surface area contributed by atoms with Crippen LogP contribution in [0.2, 0.25) is 0 Å². The monoisotopic (exact) mass is 525 g/mol. The van der Waals surface area contributed by atoms with E-state index in [4.69, 9.17) is 4.74 Å². The fourth-order valence-electron chi connectivity index (χ4n) is 7.21. The van der Waals surface area contributed by atoms with Crippen molar-refractivity contribution in [2.45, 2.75) is 19.3 Å². The van der Waals surface area contributed by atoms with Gasteiger partial charge in [0.05, 0.1) is 16.7 Å². The third-order valence-corrected chi connectivity index (χ3v) is 9.18. The highest BCUT2D eigenvalue weighted by molar-refractivity contribution is 6.13.